The standard InChI is InChI=1S/C21H25F2N3O3S/c1-2-16(17-6-4-3-5-7-17)15-24-21(27)25-10-12-26(13-11-25)30(28,29)20-14-18(22)8-9-19(20)23/h3-9,14,16H,2,10-13,15H2,1H3,(H,24,27). The van der Waals surface area contributed by atoms with Gasteiger partial charge in [-0.15, -0.1) is 0 Å². The van der Waals surface area contributed by atoms with Gasteiger partial charge in [-0.2, -0.15) is 4.31 Å². The number of carbonyl (C=O) groups excluding carboxylic acids is 1. The zero-order valence-corrected chi connectivity index (χ0v) is 17.5. The molecule has 3 rings (SSSR count). The van der Waals surface area contributed by atoms with Crippen LogP contribution in [0.25, 0.3) is 0 Å². The van der Waals surface area contributed by atoms with E-state index >= 15 is 0 Å². The van der Waals surface area contributed by atoms with E-state index in [1.165, 1.54) is 4.90 Å². The Morgan fingerprint density at radius 2 is 1.73 bits per heavy atom. The summed E-state index contributed by atoms with van der Waals surface area (Å²) in [5, 5.41) is 2.91. The molecule has 2 aromatic carbocycles. The molecule has 1 unspecified atom stereocenters. The summed E-state index contributed by atoms with van der Waals surface area (Å²) in [4.78, 5) is 13.4. The first-order chi connectivity index (χ1) is 14.3. The van der Waals surface area contributed by atoms with Gasteiger partial charge >= 0.3 is 6.03 Å². The molecule has 6 nitrogen and oxygen atoms in total. The Labute approximate surface area is 175 Å². The molecule has 2 aromatic rings. The summed E-state index contributed by atoms with van der Waals surface area (Å²) >= 11 is 0. The number of hydrogen-bond donors (Lipinski definition) is 1. The van der Waals surface area contributed by atoms with E-state index in [-0.39, 0.29) is 38.1 Å². The van der Waals surface area contributed by atoms with Crippen molar-refractivity contribution in [2.75, 3.05) is 32.7 Å². The third-order valence-corrected chi connectivity index (χ3v) is 7.21. The molecule has 1 fully saturated rings. The van der Waals surface area contributed by atoms with E-state index in [1.54, 1.807) is 0 Å². The lowest BCUT2D eigenvalue weighted by atomic mass is 9.97. The van der Waals surface area contributed by atoms with Crippen LogP contribution >= 0.6 is 0 Å². The SMILES string of the molecule is CCC(CNC(=O)N1CCN(S(=O)(=O)c2cc(F)ccc2F)CC1)c1ccccc1. The van der Waals surface area contributed by atoms with Crippen molar-refractivity contribution in [3.63, 3.8) is 0 Å². The predicted molar refractivity (Wildman–Crippen MR) is 110 cm³/mol. The Morgan fingerprint density at radius 1 is 1.07 bits per heavy atom. The molecule has 1 N–H and O–H groups in total. The number of nitrogens with zero attached hydrogens (tertiary/aromatic N) is 2. The Hall–Kier alpha value is -2.52. The van der Waals surface area contributed by atoms with Crippen LogP contribution in [0.2, 0.25) is 0 Å². The molecule has 0 bridgehead atoms. The quantitative estimate of drug-likeness (QED) is 0.755. The summed E-state index contributed by atoms with van der Waals surface area (Å²) in [7, 11) is -4.17. The molecular formula is C21H25F2N3O3S. The molecule has 1 saturated heterocycles. The monoisotopic (exact) mass is 437 g/mol. The number of carbonyl (C=O) groups is 1. The van der Waals surface area contributed by atoms with Crippen LogP contribution in [0.3, 0.4) is 0 Å². The summed E-state index contributed by atoms with van der Waals surface area (Å²) < 4.78 is 53.7. The molecular weight excluding hydrogens is 412 g/mol. The third kappa shape index (κ3) is 4.96. The molecule has 0 saturated carbocycles. The highest BCUT2D eigenvalue weighted by Crippen LogP contribution is 2.22. The van der Waals surface area contributed by atoms with Gasteiger partial charge in [0, 0.05) is 38.6 Å². The predicted octanol–water partition coefficient (Wildman–Crippen LogP) is 3.17. The molecule has 0 aromatic heterocycles. The zero-order valence-electron chi connectivity index (χ0n) is 16.7. The molecule has 1 aliphatic rings. The molecule has 1 aliphatic heterocycles. The number of hydrogen-bond acceptors (Lipinski definition) is 3. The van der Waals surface area contributed by atoms with Gasteiger partial charge in [-0.25, -0.2) is 22.0 Å². The van der Waals surface area contributed by atoms with E-state index < -0.39 is 26.6 Å². The maximum Gasteiger partial charge on any atom is 0.317 e. The van der Waals surface area contributed by atoms with Crippen LogP contribution in [0.5, 0.6) is 0 Å². The number of amides is 2. The van der Waals surface area contributed by atoms with E-state index in [0.717, 1.165) is 28.4 Å². The fourth-order valence-electron chi connectivity index (χ4n) is 3.49. The van der Waals surface area contributed by atoms with Crippen LogP contribution in [-0.2, 0) is 10.0 Å². The molecule has 1 atom stereocenters. The van der Waals surface area contributed by atoms with Gasteiger partial charge in [0.2, 0.25) is 10.0 Å². The molecule has 30 heavy (non-hydrogen) atoms. The van der Waals surface area contributed by atoms with Crippen molar-refractivity contribution in [1.29, 1.82) is 0 Å². The van der Waals surface area contributed by atoms with Crippen LogP contribution in [0, 0.1) is 11.6 Å². The minimum absolute atomic E-state index is 0.0155. The van der Waals surface area contributed by atoms with Crippen LogP contribution < -0.4 is 5.32 Å². The van der Waals surface area contributed by atoms with Crippen molar-refractivity contribution in [2.45, 2.75) is 24.2 Å². The Bertz CT molecular complexity index is 978. The number of rotatable bonds is 6. The van der Waals surface area contributed by atoms with Gasteiger partial charge in [0.05, 0.1) is 0 Å². The average molecular weight is 438 g/mol. The maximum absolute atomic E-state index is 13.9. The van der Waals surface area contributed by atoms with Crippen molar-refractivity contribution in [2.24, 2.45) is 0 Å². The normalized spacial score (nSPS) is 16.3. The van der Waals surface area contributed by atoms with Gasteiger partial charge in [0.1, 0.15) is 16.5 Å². The highest BCUT2D eigenvalue weighted by Gasteiger charge is 2.32. The molecule has 2 amide bonds. The van der Waals surface area contributed by atoms with Crippen LogP contribution in [0.15, 0.2) is 53.4 Å². The number of sulfonamides is 1. The summed E-state index contributed by atoms with van der Waals surface area (Å²) in [5.74, 6) is -1.63. The topological polar surface area (TPSA) is 69.7 Å². The minimum Gasteiger partial charge on any atom is -0.337 e. The molecule has 0 spiro atoms. The maximum atomic E-state index is 13.9. The van der Waals surface area contributed by atoms with Crippen LogP contribution in [-0.4, -0.2) is 56.4 Å². The molecule has 0 aliphatic carbocycles. The van der Waals surface area contributed by atoms with Gasteiger partial charge in [0.25, 0.3) is 0 Å². The van der Waals surface area contributed by atoms with E-state index in [2.05, 4.69) is 12.2 Å². The van der Waals surface area contributed by atoms with Crippen molar-refractivity contribution < 1.29 is 22.0 Å². The van der Waals surface area contributed by atoms with Gasteiger partial charge in [-0.1, -0.05) is 37.3 Å². The van der Waals surface area contributed by atoms with Gasteiger partial charge < -0.3 is 10.2 Å². The third-order valence-electron chi connectivity index (χ3n) is 5.30. The lowest BCUT2D eigenvalue weighted by molar-refractivity contribution is 0.171. The van der Waals surface area contributed by atoms with E-state index in [0.29, 0.717) is 12.6 Å². The van der Waals surface area contributed by atoms with Gasteiger partial charge in [0.15, 0.2) is 0 Å². The summed E-state index contributed by atoms with van der Waals surface area (Å²) in [6.45, 7) is 2.91. The van der Waals surface area contributed by atoms with Crippen molar-refractivity contribution >= 4 is 16.1 Å². The molecule has 162 valence electrons. The smallest absolute Gasteiger partial charge is 0.317 e. The van der Waals surface area contributed by atoms with Gasteiger partial charge in [-0.05, 0) is 30.2 Å². The van der Waals surface area contributed by atoms with E-state index in [1.807, 2.05) is 30.3 Å². The first kappa shape index (κ1) is 22.2. The number of benzene rings is 2. The highest BCUT2D eigenvalue weighted by atomic mass is 32.2. The Balaban J connectivity index is 1.57. The summed E-state index contributed by atoms with van der Waals surface area (Å²) in [6, 6.07) is 12.0. The van der Waals surface area contributed by atoms with Gasteiger partial charge in [-0.3, -0.25) is 0 Å². The lowest BCUT2D eigenvalue weighted by Crippen LogP contribution is -2.53. The van der Waals surface area contributed by atoms with E-state index in [4.69, 9.17) is 0 Å². The lowest BCUT2D eigenvalue weighted by Gasteiger charge is -2.34. The molecule has 9 heteroatoms. The Morgan fingerprint density at radius 3 is 2.37 bits per heavy atom. The van der Waals surface area contributed by atoms with Crippen molar-refractivity contribution in [3.05, 3.63) is 65.7 Å². The fourth-order valence-corrected chi connectivity index (χ4v) is 4.99. The summed E-state index contributed by atoms with van der Waals surface area (Å²) in [6.07, 6.45) is 0.871. The first-order valence-corrected chi connectivity index (χ1v) is 11.3. The molecule has 0 radical (unpaired) electrons. The van der Waals surface area contributed by atoms with E-state index in [9.17, 15) is 22.0 Å². The second-order valence-electron chi connectivity index (χ2n) is 7.17. The van der Waals surface area contributed by atoms with Crippen molar-refractivity contribution in [3.8, 4) is 0 Å². The summed E-state index contributed by atoms with van der Waals surface area (Å²) in [5.41, 5.74) is 1.15. The minimum atomic E-state index is -4.17. The first-order valence-electron chi connectivity index (χ1n) is 9.86. The largest absolute Gasteiger partial charge is 0.337 e. The number of nitrogens with one attached hydrogen (secondary N) is 1. The number of halogens is 2. The second kappa shape index (κ2) is 9.53. The fraction of sp³-hybridized carbons (Fsp3) is 0.381. The zero-order chi connectivity index (χ0) is 21.7. The highest BCUT2D eigenvalue weighted by molar-refractivity contribution is 7.89. The Kier molecular flexibility index (Phi) is 7.04. The number of urea groups is 1. The number of piperazine rings is 1. The van der Waals surface area contributed by atoms with Crippen LogP contribution in [0.1, 0.15) is 24.8 Å². The van der Waals surface area contributed by atoms with Crippen molar-refractivity contribution in [1.82, 2.24) is 14.5 Å². The average Bonchev–Trinajstić information content (AvgIpc) is 2.76. The second-order valence-corrected chi connectivity index (χ2v) is 9.07. The molecule has 1 heterocycles. The van der Waals surface area contributed by atoms with Crippen LogP contribution in [0.4, 0.5) is 13.6 Å².